The highest BCUT2D eigenvalue weighted by Crippen LogP contribution is 2.35. The van der Waals surface area contributed by atoms with Crippen molar-refractivity contribution in [1.82, 2.24) is 9.97 Å². The number of methoxy groups -OCH3 is 1. The first-order chi connectivity index (χ1) is 11.1. The second-order valence-corrected chi connectivity index (χ2v) is 6.23. The quantitative estimate of drug-likeness (QED) is 0.552. The molecule has 2 aromatic carbocycles. The topological polar surface area (TPSA) is 86.2 Å². The minimum atomic E-state index is 0.412. The third kappa shape index (κ3) is 2.44. The average molecular weight is 326 g/mol. The Morgan fingerprint density at radius 3 is 2.91 bits per heavy atom. The highest BCUT2D eigenvalue weighted by Gasteiger charge is 2.12. The SMILES string of the molecule is COc1cc(N)c2nc(Nc3nc4ccc(C)cc4o3)sc2c1. The number of thiazole rings is 1. The number of oxazole rings is 1. The van der Waals surface area contributed by atoms with Crippen molar-refractivity contribution >= 4 is 49.5 Å². The molecule has 4 aromatic rings. The first-order valence-electron chi connectivity index (χ1n) is 7.00. The molecule has 0 radical (unpaired) electrons. The van der Waals surface area contributed by atoms with Crippen molar-refractivity contribution in [2.75, 3.05) is 18.2 Å². The molecular formula is C16H14N4O2S. The summed E-state index contributed by atoms with van der Waals surface area (Å²) in [6.07, 6.45) is 0. The van der Waals surface area contributed by atoms with Crippen molar-refractivity contribution in [3.05, 3.63) is 35.9 Å². The molecule has 23 heavy (non-hydrogen) atoms. The maximum absolute atomic E-state index is 6.01. The Hall–Kier alpha value is -2.80. The molecule has 0 spiro atoms. The van der Waals surface area contributed by atoms with E-state index in [1.807, 2.05) is 31.2 Å². The molecule has 0 unspecified atom stereocenters. The number of nitrogens with zero attached hydrogens (tertiary/aromatic N) is 2. The Balaban J connectivity index is 1.72. The number of rotatable bonds is 3. The fourth-order valence-electron chi connectivity index (χ4n) is 2.38. The van der Waals surface area contributed by atoms with Gasteiger partial charge in [0.15, 0.2) is 10.7 Å². The van der Waals surface area contributed by atoms with Crippen LogP contribution in [-0.2, 0) is 0 Å². The summed E-state index contributed by atoms with van der Waals surface area (Å²) in [4.78, 5) is 8.91. The summed E-state index contributed by atoms with van der Waals surface area (Å²) in [7, 11) is 1.61. The van der Waals surface area contributed by atoms with Crippen molar-refractivity contribution in [2.24, 2.45) is 0 Å². The summed E-state index contributed by atoms with van der Waals surface area (Å²) in [6, 6.07) is 9.96. The number of nitrogen functional groups attached to an aromatic ring is 1. The van der Waals surface area contributed by atoms with Crippen LogP contribution in [0.3, 0.4) is 0 Å². The van der Waals surface area contributed by atoms with E-state index < -0.39 is 0 Å². The molecule has 0 saturated heterocycles. The number of hydrogen-bond donors (Lipinski definition) is 2. The predicted octanol–water partition coefficient (Wildman–Crippen LogP) is 4.08. The molecule has 2 heterocycles. The van der Waals surface area contributed by atoms with E-state index in [2.05, 4.69) is 15.3 Å². The lowest BCUT2D eigenvalue weighted by Crippen LogP contribution is -1.91. The number of anilines is 3. The molecule has 2 aromatic heterocycles. The lowest BCUT2D eigenvalue weighted by Gasteiger charge is -2.00. The van der Waals surface area contributed by atoms with E-state index in [1.54, 1.807) is 13.2 Å². The summed E-state index contributed by atoms with van der Waals surface area (Å²) in [5.74, 6) is 0.711. The number of nitrogens with one attached hydrogen (secondary N) is 1. The fraction of sp³-hybridized carbons (Fsp3) is 0.125. The van der Waals surface area contributed by atoms with Crippen LogP contribution >= 0.6 is 11.3 Å². The molecule has 0 amide bonds. The van der Waals surface area contributed by atoms with Crippen LogP contribution in [0.15, 0.2) is 34.7 Å². The third-order valence-electron chi connectivity index (χ3n) is 3.49. The van der Waals surface area contributed by atoms with Crippen LogP contribution < -0.4 is 15.8 Å². The highest BCUT2D eigenvalue weighted by atomic mass is 32.1. The van der Waals surface area contributed by atoms with Gasteiger partial charge in [-0.1, -0.05) is 17.4 Å². The Bertz CT molecular complexity index is 1020. The van der Waals surface area contributed by atoms with Crippen LogP contribution in [0.4, 0.5) is 16.8 Å². The number of fused-ring (bicyclic) bond motifs is 2. The van der Waals surface area contributed by atoms with Gasteiger partial charge in [-0.15, -0.1) is 0 Å². The molecule has 0 atom stereocenters. The van der Waals surface area contributed by atoms with E-state index >= 15 is 0 Å². The largest absolute Gasteiger partial charge is 0.497 e. The van der Waals surface area contributed by atoms with Gasteiger partial charge in [-0.05, 0) is 30.7 Å². The number of benzene rings is 2. The number of aromatic nitrogens is 2. The summed E-state index contributed by atoms with van der Waals surface area (Å²) >= 11 is 1.47. The standard InChI is InChI=1S/C16H14N4O2S/c1-8-3-4-11-12(5-8)22-15(18-11)20-16-19-14-10(17)6-9(21-2)7-13(14)23-16/h3-7H,17H2,1-2H3,(H,18,19,20). The van der Waals surface area contributed by atoms with Gasteiger partial charge in [-0.3, -0.25) is 5.32 Å². The van der Waals surface area contributed by atoms with Crippen molar-refractivity contribution in [1.29, 1.82) is 0 Å². The maximum Gasteiger partial charge on any atom is 0.302 e. The zero-order chi connectivity index (χ0) is 16.0. The second kappa shape index (κ2) is 5.13. The van der Waals surface area contributed by atoms with E-state index in [9.17, 15) is 0 Å². The van der Waals surface area contributed by atoms with E-state index in [1.165, 1.54) is 11.3 Å². The molecule has 0 bridgehead atoms. The molecule has 3 N–H and O–H groups in total. The molecule has 0 aliphatic heterocycles. The number of aryl methyl sites for hydroxylation is 1. The molecule has 0 aliphatic carbocycles. The third-order valence-corrected chi connectivity index (χ3v) is 4.41. The Morgan fingerprint density at radius 2 is 2.09 bits per heavy atom. The van der Waals surface area contributed by atoms with Gasteiger partial charge in [0, 0.05) is 6.07 Å². The second-order valence-electron chi connectivity index (χ2n) is 5.20. The summed E-state index contributed by atoms with van der Waals surface area (Å²) in [6.45, 7) is 2.01. The predicted molar refractivity (Wildman–Crippen MR) is 92.6 cm³/mol. The average Bonchev–Trinajstić information content (AvgIpc) is 3.10. The normalized spacial score (nSPS) is 11.2. The molecule has 0 saturated carbocycles. The van der Waals surface area contributed by atoms with Crippen LogP contribution in [-0.4, -0.2) is 17.1 Å². The number of nitrogens with two attached hydrogens (primary N) is 1. The van der Waals surface area contributed by atoms with Crippen LogP contribution in [0.1, 0.15) is 5.56 Å². The molecule has 0 aliphatic rings. The van der Waals surface area contributed by atoms with Crippen LogP contribution in [0.25, 0.3) is 21.3 Å². The molecular weight excluding hydrogens is 312 g/mol. The van der Waals surface area contributed by atoms with E-state index in [-0.39, 0.29) is 0 Å². The van der Waals surface area contributed by atoms with Crippen molar-refractivity contribution in [2.45, 2.75) is 6.92 Å². The van der Waals surface area contributed by atoms with Crippen molar-refractivity contribution in [3.63, 3.8) is 0 Å². The Kier molecular flexibility index (Phi) is 3.09. The molecule has 4 rings (SSSR count). The fourth-order valence-corrected chi connectivity index (χ4v) is 3.30. The van der Waals surface area contributed by atoms with E-state index in [4.69, 9.17) is 14.9 Å². The van der Waals surface area contributed by atoms with Gasteiger partial charge in [0.1, 0.15) is 16.8 Å². The number of hydrogen-bond acceptors (Lipinski definition) is 7. The monoisotopic (exact) mass is 326 g/mol. The van der Waals surface area contributed by atoms with Gasteiger partial charge in [-0.2, -0.15) is 4.98 Å². The lowest BCUT2D eigenvalue weighted by molar-refractivity contribution is 0.415. The highest BCUT2D eigenvalue weighted by molar-refractivity contribution is 7.22. The van der Waals surface area contributed by atoms with Gasteiger partial charge in [0.05, 0.1) is 17.5 Å². The maximum atomic E-state index is 6.01. The molecule has 7 heteroatoms. The van der Waals surface area contributed by atoms with Crippen LogP contribution in [0.2, 0.25) is 0 Å². The zero-order valence-corrected chi connectivity index (χ0v) is 13.4. The van der Waals surface area contributed by atoms with Crippen LogP contribution in [0, 0.1) is 6.92 Å². The summed E-state index contributed by atoms with van der Waals surface area (Å²) in [5.41, 5.74) is 10.0. The minimum absolute atomic E-state index is 0.412. The molecule has 116 valence electrons. The zero-order valence-electron chi connectivity index (χ0n) is 12.6. The summed E-state index contributed by atoms with van der Waals surface area (Å²) < 4.78 is 11.9. The first kappa shape index (κ1) is 13.8. The lowest BCUT2D eigenvalue weighted by atomic mass is 10.2. The van der Waals surface area contributed by atoms with Gasteiger partial charge in [0.2, 0.25) is 0 Å². The van der Waals surface area contributed by atoms with Crippen molar-refractivity contribution in [3.8, 4) is 5.75 Å². The molecule has 6 nitrogen and oxygen atoms in total. The first-order valence-corrected chi connectivity index (χ1v) is 7.82. The van der Waals surface area contributed by atoms with Gasteiger partial charge in [-0.25, -0.2) is 4.98 Å². The van der Waals surface area contributed by atoms with Gasteiger partial charge >= 0.3 is 6.01 Å². The Morgan fingerprint density at radius 1 is 1.22 bits per heavy atom. The minimum Gasteiger partial charge on any atom is -0.497 e. The van der Waals surface area contributed by atoms with Gasteiger partial charge in [0.25, 0.3) is 0 Å². The van der Waals surface area contributed by atoms with E-state index in [0.29, 0.717) is 22.6 Å². The number of ether oxygens (including phenoxy) is 1. The van der Waals surface area contributed by atoms with E-state index in [0.717, 1.165) is 26.9 Å². The van der Waals surface area contributed by atoms with Crippen LogP contribution in [0.5, 0.6) is 5.75 Å². The van der Waals surface area contributed by atoms with Crippen molar-refractivity contribution < 1.29 is 9.15 Å². The smallest absolute Gasteiger partial charge is 0.302 e. The van der Waals surface area contributed by atoms with Gasteiger partial charge < -0.3 is 14.9 Å². The molecule has 0 fully saturated rings. The summed E-state index contributed by atoms with van der Waals surface area (Å²) in [5, 5.41) is 3.77. The Labute approximate surface area is 135 Å².